The van der Waals surface area contributed by atoms with Crippen molar-refractivity contribution in [3.8, 4) is 0 Å². The third-order valence-corrected chi connectivity index (χ3v) is 2.70. The largest absolute Gasteiger partial charge is 0.444 e. The number of aliphatic hydroxyl groups is 1. The average molecular weight is 331 g/mol. The normalized spacial score (nSPS) is 12.9. The lowest BCUT2D eigenvalue weighted by atomic mass is 10.1. The molecule has 6 heteroatoms. The van der Waals surface area contributed by atoms with E-state index in [4.69, 9.17) is 9.84 Å². The number of carbonyl (C=O) groups is 1. The molecule has 1 heterocycles. The standard InChI is InChI=1S/C13H19BrN2O3/c1-13(2,3)19-12(18)16-10(5-7-17)11-8-9(14)4-6-15-11/h4,6,8,10,17H,5,7H2,1-3H3,(H,16,18). The molecule has 0 bridgehead atoms. The van der Waals surface area contributed by atoms with Crippen molar-refractivity contribution in [2.75, 3.05) is 6.61 Å². The van der Waals surface area contributed by atoms with Crippen LogP contribution < -0.4 is 5.32 Å². The van der Waals surface area contributed by atoms with Gasteiger partial charge < -0.3 is 15.2 Å². The quantitative estimate of drug-likeness (QED) is 0.890. The maximum atomic E-state index is 11.7. The van der Waals surface area contributed by atoms with Crippen LogP contribution in [0.2, 0.25) is 0 Å². The van der Waals surface area contributed by atoms with Crippen LogP contribution in [0.5, 0.6) is 0 Å². The number of alkyl carbamates (subject to hydrolysis) is 1. The van der Waals surface area contributed by atoms with Gasteiger partial charge in [0.15, 0.2) is 0 Å². The first-order chi connectivity index (χ1) is 8.81. The molecule has 106 valence electrons. The number of halogens is 1. The monoisotopic (exact) mass is 330 g/mol. The fourth-order valence-corrected chi connectivity index (χ4v) is 1.84. The summed E-state index contributed by atoms with van der Waals surface area (Å²) in [4.78, 5) is 15.9. The van der Waals surface area contributed by atoms with Crippen LogP contribution in [0, 0.1) is 0 Å². The summed E-state index contributed by atoms with van der Waals surface area (Å²) < 4.78 is 6.06. The van der Waals surface area contributed by atoms with E-state index >= 15 is 0 Å². The van der Waals surface area contributed by atoms with E-state index in [0.29, 0.717) is 12.1 Å². The van der Waals surface area contributed by atoms with Crippen molar-refractivity contribution in [3.63, 3.8) is 0 Å². The van der Waals surface area contributed by atoms with Gasteiger partial charge >= 0.3 is 6.09 Å². The Morgan fingerprint density at radius 3 is 2.79 bits per heavy atom. The van der Waals surface area contributed by atoms with Gasteiger partial charge in [0.05, 0.1) is 11.7 Å². The molecule has 0 aliphatic heterocycles. The van der Waals surface area contributed by atoms with Gasteiger partial charge in [-0.15, -0.1) is 0 Å². The number of nitrogens with one attached hydrogen (secondary N) is 1. The van der Waals surface area contributed by atoms with Crippen LogP contribution in [0.25, 0.3) is 0 Å². The van der Waals surface area contributed by atoms with E-state index in [0.717, 1.165) is 4.47 Å². The van der Waals surface area contributed by atoms with E-state index in [1.54, 1.807) is 39.1 Å². The van der Waals surface area contributed by atoms with E-state index in [2.05, 4.69) is 26.2 Å². The summed E-state index contributed by atoms with van der Waals surface area (Å²) in [6, 6.07) is 3.22. The van der Waals surface area contributed by atoms with Gasteiger partial charge in [-0.05, 0) is 39.3 Å². The maximum Gasteiger partial charge on any atom is 0.408 e. The topological polar surface area (TPSA) is 71.5 Å². The molecule has 0 saturated heterocycles. The van der Waals surface area contributed by atoms with Gasteiger partial charge in [0.2, 0.25) is 0 Å². The van der Waals surface area contributed by atoms with Gasteiger partial charge in [0, 0.05) is 17.3 Å². The van der Waals surface area contributed by atoms with Gasteiger partial charge in [0.1, 0.15) is 5.60 Å². The van der Waals surface area contributed by atoms with Crippen molar-refractivity contribution in [2.24, 2.45) is 0 Å². The van der Waals surface area contributed by atoms with E-state index in [9.17, 15) is 4.79 Å². The lowest BCUT2D eigenvalue weighted by molar-refractivity contribution is 0.0495. The number of amides is 1. The Balaban J connectivity index is 2.76. The van der Waals surface area contributed by atoms with Gasteiger partial charge in [-0.1, -0.05) is 15.9 Å². The van der Waals surface area contributed by atoms with Crippen LogP contribution in [0.1, 0.15) is 38.9 Å². The molecule has 1 aromatic heterocycles. The molecule has 0 spiro atoms. The molecule has 1 amide bonds. The second-order valence-corrected chi connectivity index (χ2v) is 6.03. The Bertz CT molecular complexity index is 432. The first-order valence-corrected chi connectivity index (χ1v) is 6.83. The summed E-state index contributed by atoms with van der Waals surface area (Å²) in [6.45, 7) is 5.34. The van der Waals surface area contributed by atoms with Crippen molar-refractivity contribution in [2.45, 2.75) is 38.8 Å². The fraction of sp³-hybridized carbons (Fsp3) is 0.538. The Kier molecular flexibility index (Phi) is 5.75. The maximum absolute atomic E-state index is 11.7. The van der Waals surface area contributed by atoms with Crippen LogP contribution in [-0.2, 0) is 4.74 Å². The smallest absolute Gasteiger partial charge is 0.408 e. The average Bonchev–Trinajstić information content (AvgIpc) is 2.26. The highest BCUT2D eigenvalue weighted by Crippen LogP contribution is 2.19. The summed E-state index contributed by atoms with van der Waals surface area (Å²) in [5, 5.41) is 11.8. The summed E-state index contributed by atoms with van der Waals surface area (Å²) in [5.41, 5.74) is 0.118. The molecule has 0 radical (unpaired) electrons. The Hall–Kier alpha value is -1.14. The number of hydrogen-bond acceptors (Lipinski definition) is 4. The Morgan fingerprint density at radius 1 is 1.58 bits per heavy atom. The molecule has 1 rings (SSSR count). The predicted molar refractivity (Wildman–Crippen MR) is 75.8 cm³/mol. The second-order valence-electron chi connectivity index (χ2n) is 5.11. The van der Waals surface area contributed by atoms with Crippen LogP contribution >= 0.6 is 15.9 Å². The molecule has 0 aliphatic carbocycles. The van der Waals surface area contributed by atoms with Crippen LogP contribution in [0.3, 0.4) is 0 Å². The minimum atomic E-state index is -0.557. The fourth-order valence-electron chi connectivity index (χ4n) is 1.48. The predicted octanol–water partition coefficient (Wildman–Crippen LogP) is 2.79. The van der Waals surface area contributed by atoms with Crippen molar-refractivity contribution in [1.82, 2.24) is 10.3 Å². The van der Waals surface area contributed by atoms with Crippen molar-refractivity contribution >= 4 is 22.0 Å². The molecular weight excluding hydrogens is 312 g/mol. The molecule has 0 saturated carbocycles. The summed E-state index contributed by atoms with van der Waals surface area (Å²) >= 11 is 3.35. The highest BCUT2D eigenvalue weighted by atomic mass is 79.9. The molecule has 5 nitrogen and oxygen atoms in total. The zero-order chi connectivity index (χ0) is 14.5. The third kappa shape index (κ3) is 6.02. The van der Waals surface area contributed by atoms with Gasteiger partial charge in [-0.25, -0.2) is 4.79 Å². The summed E-state index contributed by atoms with van der Waals surface area (Å²) in [6.07, 6.45) is 1.50. The molecule has 1 unspecified atom stereocenters. The van der Waals surface area contributed by atoms with Crippen LogP contribution in [0.4, 0.5) is 4.79 Å². The number of pyridine rings is 1. The van der Waals surface area contributed by atoms with E-state index in [-0.39, 0.29) is 12.6 Å². The molecule has 0 aromatic carbocycles. The number of nitrogens with zero attached hydrogens (tertiary/aromatic N) is 1. The molecule has 19 heavy (non-hydrogen) atoms. The summed E-state index contributed by atoms with van der Waals surface area (Å²) in [7, 11) is 0. The second kappa shape index (κ2) is 6.86. The number of ether oxygens (including phenoxy) is 1. The number of carbonyl (C=O) groups excluding carboxylic acids is 1. The summed E-state index contributed by atoms with van der Waals surface area (Å²) in [5.74, 6) is 0. The van der Waals surface area contributed by atoms with Crippen molar-refractivity contribution in [3.05, 3.63) is 28.5 Å². The van der Waals surface area contributed by atoms with E-state index in [1.807, 2.05) is 0 Å². The van der Waals surface area contributed by atoms with Crippen molar-refractivity contribution in [1.29, 1.82) is 0 Å². The minimum absolute atomic E-state index is 0.0470. The third-order valence-electron chi connectivity index (χ3n) is 2.21. The van der Waals surface area contributed by atoms with Gasteiger partial charge in [-0.2, -0.15) is 0 Å². The lowest BCUT2D eigenvalue weighted by Gasteiger charge is -2.23. The molecular formula is C13H19BrN2O3. The lowest BCUT2D eigenvalue weighted by Crippen LogP contribution is -2.35. The molecule has 1 atom stereocenters. The highest BCUT2D eigenvalue weighted by molar-refractivity contribution is 9.10. The molecule has 0 aliphatic rings. The van der Waals surface area contributed by atoms with Crippen LogP contribution in [-0.4, -0.2) is 28.4 Å². The first-order valence-electron chi connectivity index (χ1n) is 6.03. The van der Waals surface area contributed by atoms with E-state index < -0.39 is 11.7 Å². The number of rotatable bonds is 4. The molecule has 0 fully saturated rings. The van der Waals surface area contributed by atoms with E-state index in [1.165, 1.54) is 0 Å². The highest BCUT2D eigenvalue weighted by Gasteiger charge is 2.21. The van der Waals surface area contributed by atoms with Crippen LogP contribution in [0.15, 0.2) is 22.8 Å². The Morgan fingerprint density at radius 2 is 2.26 bits per heavy atom. The van der Waals surface area contributed by atoms with Crippen molar-refractivity contribution < 1.29 is 14.6 Å². The Labute approximate surface area is 121 Å². The first kappa shape index (κ1) is 15.9. The van der Waals surface area contributed by atoms with Gasteiger partial charge in [0.25, 0.3) is 0 Å². The zero-order valence-electron chi connectivity index (χ0n) is 11.3. The number of aliphatic hydroxyl groups excluding tert-OH is 1. The number of aromatic nitrogens is 1. The molecule has 1 aromatic rings. The SMILES string of the molecule is CC(C)(C)OC(=O)NC(CCO)c1cc(Br)ccn1. The van der Waals surface area contributed by atoms with Gasteiger partial charge in [-0.3, -0.25) is 4.98 Å². The molecule has 2 N–H and O–H groups in total. The zero-order valence-corrected chi connectivity index (χ0v) is 12.9. The minimum Gasteiger partial charge on any atom is -0.444 e. The number of hydrogen-bond donors (Lipinski definition) is 2.